The van der Waals surface area contributed by atoms with Crippen molar-refractivity contribution < 1.29 is 9.59 Å². The van der Waals surface area contributed by atoms with Gasteiger partial charge in [0.2, 0.25) is 0 Å². The summed E-state index contributed by atoms with van der Waals surface area (Å²) in [6, 6.07) is -0.153. The Labute approximate surface area is 140 Å². The van der Waals surface area contributed by atoms with Crippen molar-refractivity contribution >= 4 is 22.9 Å². The lowest BCUT2D eigenvalue weighted by molar-refractivity contribution is -0.110. The van der Waals surface area contributed by atoms with Crippen molar-refractivity contribution in [2.75, 3.05) is 18.8 Å². The molecule has 0 spiro atoms. The number of urea groups is 1. The molecule has 1 N–H and O–H groups in total. The number of hydrogen-bond donors (Lipinski definition) is 1. The maximum absolute atomic E-state index is 12.2. The maximum atomic E-state index is 12.2. The summed E-state index contributed by atoms with van der Waals surface area (Å²) < 4.78 is 0. The van der Waals surface area contributed by atoms with Gasteiger partial charge in [-0.2, -0.15) is 0 Å². The first kappa shape index (κ1) is 21.0. The summed E-state index contributed by atoms with van der Waals surface area (Å²) in [7, 11) is 0. The van der Waals surface area contributed by atoms with Gasteiger partial charge >= 0.3 is 6.03 Å². The summed E-state index contributed by atoms with van der Waals surface area (Å²) in [5.74, 6) is 0.834. The van der Waals surface area contributed by atoms with E-state index in [0.29, 0.717) is 19.5 Å². The van der Waals surface area contributed by atoms with Crippen molar-refractivity contribution in [2.45, 2.75) is 59.9 Å². The summed E-state index contributed by atoms with van der Waals surface area (Å²) in [6.07, 6.45) is 3.08. The summed E-state index contributed by atoms with van der Waals surface area (Å²) in [5.41, 5.74) is -0.0247. The zero-order valence-electron chi connectivity index (χ0n) is 15.0. The van der Waals surface area contributed by atoms with E-state index in [0.717, 1.165) is 12.2 Å². The Morgan fingerprint density at radius 1 is 1.18 bits per heavy atom. The number of nitrogens with one attached hydrogen (secondary N) is 1. The molecule has 0 heterocycles. The minimum absolute atomic E-state index is 0.135. The number of carbonyl (C=O) groups is 2. The Balaban J connectivity index is 4.10. The highest BCUT2D eigenvalue weighted by Crippen LogP contribution is 2.22. The Bertz CT molecular complexity index is 381. The van der Waals surface area contributed by atoms with E-state index in [1.165, 1.54) is 11.8 Å². The lowest BCUT2D eigenvalue weighted by atomic mass is 9.94. The first-order valence-corrected chi connectivity index (χ1v) is 8.78. The second kappa shape index (κ2) is 9.23. The lowest BCUT2D eigenvalue weighted by Gasteiger charge is -2.34. The molecule has 0 unspecified atom stereocenters. The molecule has 0 atom stereocenters. The predicted molar refractivity (Wildman–Crippen MR) is 96.2 cm³/mol. The Hall–Kier alpha value is -0.970. The van der Waals surface area contributed by atoms with Crippen LogP contribution in [0.3, 0.4) is 0 Å². The molecule has 22 heavy (non-hydrogen) atoms. The molecule has 128 valence electrons. The fourth-order valence-corrected chi connectivity index (χ4v) is 2.89. The van der Waals surface area contributed by atoms with Crippen LogP contribution in [0.1, 0.15) is 54.4 Å². The SMILES string of the molecule is C=CCN(C(=O)NCCC(=O)SCCC(C)(C)C)C(C)(C)C. The van der Waals surface area contributed by atoms with Crippen LogP contribution < -0.4 is 5.32 Å². The summed E-state index contributed by atoms with van der Waals surface area (Å²) in [6.45, 7) is 17.0. The number of rotatable bonds is 7. The first-order chi connectivity index (χ1) is 9.97. The van der Waals surface area contributed by atoms with Gasteiger partial charge in [-0.25, -0.2) is 4.79 Å². The zero-order chi connectivity index (χ0) is 17.4. The quantitative estimate of drug-likeness (QED) is 0.717. The topological polar surface area (TPSA) is 49.4 Å². The van der Waals surface area contributed by atoms with Crippen LogP contribution in [0.4, 0.5) is 4.79 Å². The molecule has 0 aliphatic rings. The van der Waals surface area contributed by atoms with Crippen LogP contribution in [0.15, 0.2) is 12.7 Å². The third-order valence-electron chi connectivity index (χ3n) is 3.09. The predicted octanol–water partition coefficient (Wildman–Crippen LogP) is 4.07. The van der Waals surface area contributed by atoms with Crippen molar-refractivity contribution in [2.24, 2.45) is 5.41 Å². The van der Waals surface area contributed by atoms with Crippen LogP contribution in [-0.4, -0.2) is 40.4 Å². The van der Waals surface area contributed by atoms with Crippen LogP contribution in [0.25, 0.3) is 0 Å². The van der Waals surface area contributed by atoms with Gasteiger partial charge in [0.1, 0.15) is 0 Å². The van der Waals surface area contributed by atoms with Gasteiger partial charge in [0.25, 0.3) is 0 Å². The van der Waals surface area contributed by atoms with Gasteiger partial charge in [-0.05, 0) is 32.6 Å². The molecule has 0 aromatic heterocycles. The van der Waals surface area contributed by atoms with E-state index >= 15 is 0 Å². The third kappa shape index (κ3) is 9.87. The van der Waals surface area contributed by atoms with E-state index in [4.69, 9.17) is 0 Å². The number of thioether (sulfide) groups is 1. The summed E-state index contributed by atoms with van der Waals surface area (Å²) >= 11 is 1.36. The van der Waals surface area contributed by atoms with Gasteiger partial charge in [-0.1, -0.05) is 38.6 Å². The number of nitrogens with zero attached hydrogens (tertiary/aromatic N) is 1. The van der Waals surface area contributed by atoms with E-state index in [2.05, 4.69) is 32.7 Å². The molecule has 0 rings (SSSR count). The van der Waals surface area contributed by atoms with Gasteiger partial charge in [-0.15, -0.1) is 6.58 Å². The van der Waals surface area contributed by atoms with E-state index in [1.54, 1.807) is 11.0 Å². The van der Waals surface area contributed by atoms with Crippen LogP contribution >= 0.6 is 11.8 Å². The second-order valence-electron chi connectivity index (χ2n) is 7.58. The van der Waals surface area contributed by atoms with Crippen molar-refractivity contribution in [1.29, 1.82) is 0 Å². The maximum Gasteiger partial charge on any atom is 0.318 e. The number of carbonyl (C=O) groups excluding carboxylic acids is 2. The van der Waals surface area contributed by atoms with Crippen LogP contribution in [-0.2, 0) is 4.79 Å². The highest BCUT2D eigenvalue weighted by Gasteiger charge is 2.25. The Morgan fingerprint density at radius 3 is 2.23 bits per heavy atom. The molecular weight excluding hydrogens is 296 g/mol. The van der Waals surface area contributed by atoms with Crippen molar-refractivity contribution in [3.63, 3.8) is 0 Å². The highest BCUT2D eigenvalue weighted by atomic mass is 32.2. The second-order valence-corrected chi connectivity index (χ2v) is 8.74. The summed E-state index contributed by atoms with van der Waals surface area (Å²) in [5, 5.41) is 2.95. The van der Waals surface area contributed by atoms with Crippen LogP contribution in [0, 0.1) is 5.41 Å². The largest absolute Gasteiger partial charge is 0.337 e. The van der Waals surface area contributed by atoms with Gasteiger partial charge in [0, 0.05) is 30.8 Å². The molecule has 0 aliphatic carbocycles. The minimum atomic E-state index is -0.274. The van der Waals surface area contributed by atoms with Crippen LogP contribution in [0.5, 0.6) is 0 Å². The molecule has 0 radical (unpaired) electrons. The van der Waals surface area contributed by atoms with Crippen molar-refractivity contribution in [3.05, 3.63) is 12.7 Å². The Kier molecular flexibility index (Phi) is 8.83. The van der Waals surface area contributed by atoms with Crippen LogP contribution in [0.2, 0.25) is 0 Å². The molecule has 4 nitrogen and oxygen atoms in total. The molecule has 0 saturated heterocycles. The molecule has 0 aromatic rings. The minimum Gasteiger partial charge on any atom is -0.337 e. The number of amides is 2. The first-order valence-electron chi connectivity index (χ1n) is 7.79. The molecule has 0 aliphatic heterocycles. The lowest BCUT2D eigenvalue weighted by Crippen LogP contribution is -2.50. The van der Waals surface area contributed by atoms with Gasteiger partial charge < -0.3 is 10.2 Å². The molecule has 5 heteroatoms. The molecule has 0 aromatic carbocycles. The van der Waals surface area contributed by atoms with Crippen molar-refractivity contribution in [3.8, 4) is 0 Å². The monoisotopic (exact) mass is 328 g/mol. The van der Waals surface area contributed by atoms with E-state index in [-0.39, 0.29) is 22.1 Å². The summed E-state index contributed by atoms with van der Waals surface area (Å²) in [4.78, 5) is 25.6. The molecular formula is C17H32N2O2S. The molecule has 0 bridgehead atoms. The Morgan fingerprint density at radius 2 is 1.77 bits per heavy atom. The van der Waals surface area contributed by atoms with E-state index in [1.807, 2.05) is 20.8 Å². The van der Waals surface area contributed by atoms with E-state index < -0.39 is 0 Å². The fourth-order valence-electron chi connectivity index (χ4n) is 1.70. The van der Waals surface area contributed by atoms with Gasteiger partial charge in [-0.3, -0.25) is 4.79 Å². The molecule has 0 fully saturated rings. The zero-order valence-corrected chi connectivity index (χ0v) is 15.8. The average molecular weight is 329 g/mol. The van der Waals surface area contributed by atoms with Crippen molar-refractivity contribution in [1.82, 2.24) is 10.2 Å². The van der Waals surface area contributed by atoms with Gasteiger partial charge in [0.15, 0.2) is 5.12 Å². The fraction of sp³-hybridized carbons (Fsp3) is 0.765. The third-order valence-corrected chi connectivity index (χ3v) is 4.02. The standard InChI is InChI=1S/C17H32N2O2S/c1-8-12-19(17(5,6)7)15(21)18-11-9-14(20)22-13-10-16(2,3)4/h8H,1,9-13H2,2-7H3,(H,18,21). The van der Waals surface area contributed by atoms with E-state index in [9.17, 15) is 9.59 Å². The average Bonchev–Trinajstić information content (AvgIpc) is 2.32. The number of hydrogen-bond acceptors (Lipinski definition) is 3. The normalized spacial score (nSPS) is 11.9. The molecule has 0 saturated carbocycles. The van der Waals surface area contributed by atoms with Gasteiger partial charge in [0.05, 0.1) is 0 Å². The highest BCUT2D eigenvalue weighted by molar-refractivity contribution is 8.13. The smallest absolute Gasteiger partial charge is 0.318 e. The molecule has 2 amide bonds.